The van der Waals surface area contributed by atoms with Crippen molar-refractivity contribution in [1.82, 2.24) is 4.98 Å². The van der Waals surface area contributed by atoms with Crippen LogP contribution in [0.25, 0.3) is 0 Å². The second-order valence-electron chi connectivity index (χ2n) is 5.00. The molecule has 1 aromatic rings. The molecular weight excluding hydrogens is 216 g/mol. The Morgan fingerprint density at radius 2 is 2.06 bits per heavy atom. The van der Waals surface area contributed by atoms with E-state index in [-0.39, 0.29) is 0 Å². The van der Waals surface area contributed by atoms with E-state index in [9.17, 15) is 0 Å². The van der Waals surface area contributed by atoms with Gasteiger partial charge in [0.25, 0.3) is 0 Å². The number of hydrogen-bond donors (Lipinski definition) is 1. The third-order valence-corrected chi connectivity index (χ3v) is 4.90. The number of nitrogens with two attached hydrogens (primary N) is 1. The fourth-order valence-corrected chi connectivity index (χ4v) is 3.51. The summed E-state index contributed by atoms with van der Waals surface area (Å²) in [6, 6.07) is 0.395. The van der Waals surface area contributed by atoms with Crippen LogP contribution in [0.4, 0.5) is 0 Å². The lowest BCUT2D eigenvalue weighted by Gasteiger charge is -2.17. The van der Waals surface area contributed by atoms with Crippen LogP contribution in [0, 0.1) is 19.8 Å². The van der Waals surface area contributed by atoms with Gasteiger partial charge in [-0.25, -0.2) is 4.98 Å². The minimum Gasteiger partial charge on any atom is -0.327 e. The lowest BCUT2D eigenvalue weighted by Crippen LogP contribution is -2.28. The summed E-state index contributed by atoms with van der Waals surface area (Å²) >= 11 is 1.83. The van der Waals surface area contributed by atoms with Crippen LogP contribution < -0.4 is 5.73 Å². The van der Waals surface area contributed by atoms with E-state index in [0.29, 0.717) is 6.04 Å². The zero-order chi connectivity index (χ0) is 11.5. The van der Waals surface area contributed by atoms with Crippen LogP contribution in [-0.2, 0) is 6.42 Å². The number of aryl methyl sites for hydroxylation is 3. The predicted molar refractivity (Wildman–Crippen MR) is 69.8 cm³/mol. The molecule has 0 spiro atoms. The average Bonchev–Trinajstić information content (AvgIpc) is 2.86. The summed E-state index contributed by atoms with van der Waals surface area (Å²) in [4.78, 5) is 5.92. The lowest BCUT2D eigenvalue weighted by molar-refractivity contribution is 0.410. The van der Waals surface area contributed by atoms with Gasteiger partial charge >= 0.3 is 0 Å². The molecule has 0 aromatic carbocycles. The van der Waals surface area contributed by atoms with Crippen molar-refractivity contribution in [2.75, 3.05) is 0 Å². The monoisotopic (exact) mass is 238 g/mol. The molecule has 16 heavy (non-hydrogen) atoms. The van der Waals surface area contributed by atoms with E-state index in [0.717, 1.165) is 18.8 Å². The predicted octanol–water partition coefficient (Wildman–Crippen LogP) is 3.21. The van der Waals surface area contributed by atoms with Gasteiger partial charge in [0.1, 0.15) is 0 Å². The smallest absolute Gasteiger partial charge is 0.0931 e. The quantitative estimate of drug-likeness (QED) is 0.875. The molecule has 2 rings (SSSR count). The van der Waals surface area contributed by atoms with Crippen molar-refractivity contribution in [2.24, 2.45) is 11.7 Å². The second-order valence-corrected chi connectivity index (χ2v) is 6.28. The van der Waals surface area contributed by atoms with Crippen LogP contribution in [0.2, 0.25) is 0 Å². The van der Waals surface area contributed by atoms with Gasteiger partial charge in [0.2, 0.25) is 0 Å². The molecule has 1 atom stereocenters. The molecule has 1 unspecified atom stereocenters. The molecular formula is C13H22N2S. The van der Waals surface area contributed by atoms with Gasteiger partial charge in [0, 0.05) is 17.3 Å². The minimum atomic E-state index is 0.395. The Kier molecular flexibility index (Phi) is 3.98. The Bertz CT molecular complexity index is 320. The van der Waals surface area contributed by atoms with E-state index in [4.69, 9.17) is 5.73 Å². The van der Waals surface area contributed by atoms with Crippen LogP contribution in [0.5, 0.6) is 0 Å². The summed E-state index contributed by atoms with van der Waals surface area (Å²) in [5.74, 6) is 0.780. The summed E-state index contributed by atoms with van der Waals surface area (Å²) in [6.45, 7) is 4.24. The third kappa shape index (κ3) is 2.83. The summed E-state index contributed by atoms with van der Waals surface area (Å²) in [7, 11) is 0. The van der Waals surface area contributed by atoms with Crippen LogP contribution in [0.15, 0.2) is 0 Å². The van der Waals surface area contributed by atoms with Gasteiger partial charge in [-0.2, -0.15) is 0 Å². The first-order valence-corrected chi connectivity index (χ1v) is 7.17. The number of hydrogen-bond acceptors (Lipinski definition) is 3. The van der Waals surface area contributed by atoms with Gasteiger partial charge in [-0.3, -0.25) is 0 Å². The first kappa shape index (κ1) is 12.1. The van der Waals surface area contributed by atoms with Gasteiger partial charge in [-0.05, 0) is 39.0 Å². The third-order valence-electron chi connectivity index (χ3n) is 3.77. The van der Waals surface area contributed by atoms with Gasteiger partial charge in [-0.15, -0.1) is 11.3 Å². The average molecular weight is 238 g/mol. The Labute approximate surface area is 102 Å². The van der Waals surface area contributed by atoms with Crippen molar-refractivity contribution in [2.45, 2.75) is 58.4 Å². The molecule has 0 radical (unpaired) electrons. The van der Waals surface area contributed by atoms with E-state index in [1.165, 1.54) is 41.3 Å². The van der Waals surface area contributed by atoms with Crippen molar-refractivity contribution in [1.29, 1.82) is 0 Å². The Balaban J connectivity index is 1.82. The summed E-state index contributed by atoms with van der Waals surface area (Å²) in [5, 5.41) is 1.27. The number of rotatable bonds is 4. The maximum atomic E-state index is 6.25. The maximum absolute atomic E-state index is 6.25. The highest BCUT2D eigenvalue weighted by Crippen LogP contribution is 2.29. The van der Waals surface area contributed by atoms with E-state index in [1.807, 2.05) is 11.3 Å². The number of nitrogens with zero attached hydrogens (tertiary/aromatic N) is 1. The summed E-state index contributed by atoms with van der Waals surface area (Å²) in [5.41, 5.74) is 7.44. The van der Waals surface area contributed by atoms with Crippen LogP contribution in [-0.4, -0.2) is 11.0 Å². The van der Waals surface area contributed by atoms with Gasteiger partial charge in [0.05, 0.1) is 10.7 Å². The normalized spacial score (nSPS) is 19.2. The molecule has 0 aliphatic heterocycles. The molecule has 1 fully saturated rings. The van der Waals surface area contributed by atoms with Gasteiger partial charge in [0.15, 0.2) is 0 Å². The Hall–Kier alpha value is -0.410. The van der Waals surface area contributed by atoms with Crippen molar-refractivity contribution >= 4 is 11.3 Å². The zero-order valence-electron chi connectivity index (χ0n) is 10.3. The highest BCUT2D eigenvalue weighted by Gasteiger charge is 2.21. The standard InChI is InChI=1S/C13H22N2S/c1-9-10(2)16-13(15-9)8-7-12(14)11-5-3-4-6-11/h11-12H,3-8,14H2,1-2H3. The molecule has 1 aliphatic rings. The van der Waals surface area contributed by atoms with E-state index in [1.54, 1.807) is 0 Å². The number of thiazole rings is 1. The fourth-order valence-electron chi connectivity index (χ4n) is 2.56. The zero-order valence-corrected chi connectivity index (χ0v) is 11.1. The molecule has 1 heterocycles. The highest BCUT2D eigenvalue weighted by atomic mass is 32.1. The second kappa shape index (κ2) is 5.28. The molecule has 0 saturated heterocycles. The Morgan fingerprint density at radius 3 is 2.62 bits per heavy atom. The molecule has 0 amide bonds. The first-order chi connectivity index (χ1) is 7.66. The Morgan fingerprint density at radius 1 is 1.38 bits per heavy atom. The van der Waals surface area contributed by atoms with Crippen LogP contribution >= 0.6 is 11.3 Å². The van der Waals surface area contributed by atoms with E-state index in [2.05, 4.69) is 18.8 Å². The first-order valence-electron chi connectivity index (χ1n) is 6.35. The molecule has 90 valence electrons. The van der Waals surface area contributed by atoms with Gasteiger partial charge in [-0.1, -0.05) is 12.8 Å². The highest BCUT2D eigenvalue weighted by molar-refractivity contribution is 7.11. The summed E-state index contributed by atoms with van der Waals surface area (Å²) < 4.78 is 0. The fraction of sp³-hybridized carbons (Fsp3) is 0.769. The van der Waals surface area contributed by atoms with Crippen molar-refractivity contribution in [3.05, 3.63) is 15.6 Å². The number of aromatic nitrogens is 1. The molecule has 1 saturated carbocycles. The van der Waals surface area contributed by atoms with E-state index < -0.39 is 0 Å². The largest absolute Gasteiger partial charge is 0.327 e. The van der Waals surface area contributed by atoms with Crippen LogP contribution in [0.1, 0.15) is 47.7 Å². The SMILES string of the molecule is Cc1nc(CCC(N)C2CCCC2)sc1C. The van der Waals surface area contributed by atoms with Crippen LogP contribution in [0.3, 0.4) is 0 Å². The molecule has 2 N–H and O–H groups in total. The van der Waals surface area contributed by atoms with Crippen molar-refractivity contribution in [3.63, 3.8) is 0 Å². The molecule has 1 aromatic heterocycles. The maximum Gasteiger partial charge on any atom is 0.0931 e. The molecule has 0 bridgehead atoms. The topological polar surface area (TPSA) is 38.9 Å². The van der Waals surface area contributed by atoms with Gasteiger partial charge < -0.3 is 5.73 Å². The van der Waals surface area contributed by atoms with Crippen molar-refractivity contribution < 1.29 is 0 Å². The van der Waals surface area contributed by atoms with Crippen molar-refractivity contribution in [3.8, 4) is 0 Å². The molecule has 1 aliphatic carbocycles. The summed E-state index contributed by atoms with van der Waals surface area (Å²) in [6.07, 6.45) is 7.63. The molecule has 2 nitrogen and oxygen atoms in total. The minimum absolute atomic E-state index is 0.395. The lowest BCUT2D eigenvalue weighted by atomic mass is 9.95. The van der Waals surface area contributed by atoms with E-state index >= 15 is 0 Å². The molecule has 3 heteroatoms.